The van der Waals surface area contributed by atoms with Crippen molar-refractivity contribution in [2.45, 2.75) is 37.5 Å². The van der Waals surface area contributed by atoms with Crippen LogP contribution in [0.1, 0.15) is 32.6 Å². The predicted octanol–water partition coefficient (Wildman–Crippen LogP) is 1.88. The summed E-state index contributed by atoms with van der Waals surface area (Å²) in [6.45, 7) is 3.52. The summed E-state index contributed by atoms with van der Waals surface area (Å²) in [5.41, 5.74) is 5.56. The van der Waals surface area contributed by atoms with Crippen molar-refractivity contribution in [3.05, 3.63) is 24.3 Å². The van der Waals surface area contributed by atoms with E-state index in [2.05, 4.69) is 11.6 Å². The van der Waals surface area contributed by atoms with Crippen LogP contribution in [-0.4, -0.2) is 28.1 Å². The van der Waals surface area contributed by atoms with Crippen LogP contribution in [0.4, 0.5) is 0 Å². The van der Waals surface area contributed by atoms with Gasteiger partial charge in [-0.2, -0.15) is 0 Å². The van der Waals surface area contributed by atoms with Gasteiger partial charge in [-0.3, -0.25) is 0 Å². The fourth-order valence-corrected chi connectivity index (χ4v) is 3.60. The van der Waals surface area contributed by atoms with Gasteiger partial charge < -0.3 is 10.5 Å². The van der Waals surface area contributed by atoms with Crippen LogP contribution in [0.25, 0.3) is 0 Å². The third-order valence-electron chi connectivity index (χ3n) is 3.90. The molecule has 1 aliphatic rings. The number of ether oxygens (including phenoxy) is 1. The van der Waals surface area contributed by atoms with E-state index in [1.54, 1.807) is 24.3 Å². The Bertz CT molecular complexity index is 551. The van der Waals surface area contributed by atoms with E-state index in [0.29, 0.717) is 25.4 Å². The summed E-state index contributed by atoms with van der Waals surface area (Å²) in [4.78, 5) is 0.273. The van der Waals surface area contributed by atoms with E-state index in [9.17, 15) is 8.42 Å². The molecule has 6 heteroatoms. The first kappa shape index (κ1) is 16.3. The minimum Gasteiger partial charge on any atom is -0.492 e. The third kappa shape index (κ3) is 4.43. The molecule has 0 bridgehead atoms. The van der Waals surface area contributed by atoms with Crippen LogP contribution in [0.2, 0.25) is 0 Å². The highest BCUT2D eigenvalue weighted by molar-refractivity contribution is 7.89. The van der Waals surface area contributed by atoms with Crippen molar-refractivity contribution in [1.29, 1.82) is 0 Å². The molecule has 0 aromatic heterocycles. The lowest BCUT2D eigenvalue weighted by Crippen LogP contribution is -2.30. The van der Waals surface area contributed by atoms with Crippen molar-refractivity contribution in [2.75, 3.05) is 19.7 Å². The second-order valence-corrected chi connectivity index (χ2v) is 7.45. The maximum absolute atomic E-state index is 12.3. The highest BCUT2D eigenvalue weighted by atomic mass is 32.2. The fourth-order valence-electron chi connectivity index (χ4n) is 2.45. The number of nitrogens with two attached hydrogens (primary N) is 1. The average molecular weight is 312 g/mol. The molecule has 21 heavy (non-hydrogen) atoms. The Kier molecular flexibility index (Phi) is 5.24. The van der Waals surface area contributed by atoms with E-state index in [-0.39, 0.29) is 10.3 Å². The average Bonchev–Trinajstić information content (AvgIpc) is 3.24. The Morgan fingerprint density at radius 3 is 2.48 bits per heavy atom. The molecule has 1 aliphatic carbocycles. The van der Waals surface area contributed by atoms with Gasteiger partial charge in [0.2, 0.25) is 10.0 Å². The Labute approximate surface area is 126 Å². The summed E-state index contributed by atoms with van der Waals surface area (Å²) < 4.78 is 32.6. The van der Waals surface area contributed by atoms with Crippen molar-refractivity contribution in [3.8, 4) is 5.75 Å². The number of sulfonamides is 1. The molecule has 1 saturated carbocycles. The molecule has 1 fully saturated rings. The summed E-state index contributed by atoms with van der Waals surface area (Å²) in [7, 11) is -3.44. The Hall–Kier alpha value is -1.11. The molecular weight excluding hydrogens is 288 g/mol. The summed E-state index contributed by atoms with van der Waals surface area (Å²) in [6.07, 6.45) is 4.42. The normalized spacial score (nSPS) is 16.7. The van der Waals surface area contributed by atoms with E-state index < -0.39 is 10.0 Å². The number of hydrogen-bond acceptors (Lipinski definition) is 4. The predicted molar refractivity (Wildman–Crippen MR) is 82.8 cm³/mol. The van der Waals surface area contributed by atoms with E-state index in [1.165, 1.54) is 0 Å². The summed E-state index contributed by atoms with van der Waals surface area (Å²) in [5, 5.41) is 0. The zero-order chi connectivity index (χ0) is 15.3. The number of nitrogens with one attached hydrogen (secondary N) is 1. The van der Waals surface area contributed by atoms with Crippen molar-refractivity contribution in [2.24, 2.45) is 11.1 Å². The lowest BCUT2D eigenvalue weighted by molar-refractivity contribution is 0.328. The van der Waals surface area contributed by atoms with Crippen LogP contribution in [-0.2, 0) is 10.0 Å². The first-order valence-electron chi connectivity index (χ1n) is 7.44. The van der Waals surface area contributed by atoms with Gasteiger partial charge in [0.15, 0.2) is 0 Å². The van der Waals surface area contributed by atoms with Gasteiger partial charge in [-0.15, -0.1) is 0 Å². The highest BCUT2D eigenvalue weighted by Gasteiger charge is 2.42. The molecule has 1 aromatic rings. The zero-order valence-electron chi connectivity index (χ0n) is 12.5. The smallest absolute Gasteiger partial charge is 0.240 e. The van der Waals surface area contributed by atoms with Crippen molar-refractivity contribution in [3.63, 3.8) is 0 Å². The van der Waals surface area contributed by atoms with Crippen LogP contribution >= 0.6 is 0 Å². The van der Waals surface area contributed by atoms with Crippen LogP contribution in [0.3, 0.4) is 0 Å². The second-order valence-electron chi connectivity index (χ2n) is 5.68. The minimum absolute atomic E-state index is 0.200. The van der Waals surface area contributed by atoms with Gasteiger partial charge in [0.1, 0.15) is 12.4 Å². The van der Waals surface area contributed by atoms with E-state index in [4.69, 9.17) is 10.5 Å². The standard InChI is InChI=1S/C15H24N2O3S/c1-2-7-15(8-9-15)12-17-21(18,19)14-5-3-13(4-6-14)20-11-10-16/h3-6,17H,2,7-12,16H2,1H3. The van der Waals surface area contributed by atoms with Gasteiger partial charge in [-0.05, 0) is 48.9 Å². The number of rotatable bonds is 9. The maximum Gasteiger partial charge on any atom is 0.240 e. The van der Waals surface area contributed by atoms with Crippen LogP contribution in [0, 0.1) is 5.41 Å². The molecule has 0 saturated heterocycles. The van der Waals surface area contributed by atoms with Gasteiger partial charge in [0.05, 0.1) is 4.90 Å². The Balaban J connectivity index is 1.96. The SMILES string of the molecule is CCCC1(CNS(=O)(=O)c2ccc(OCCN)cc2)CC1. The molecule has 2 rings (SSSR count). The van der Waals surface area contributed by atoms with E-state index >= 15 is 0 Å². The highest BCUT2D eigenvalue weighted by Crippen LogP contribution is 2.49. The molecule has 0 aliphatic heterocycles. The molecular formula is C15H24N2O3S. The van der Waals surface area contributed by atoms with Crippen LogP contribution in [0.5, 0.6) is 5.75 Å². The van der Waals surface area contributed by atoms with Crippen molar-refractivity contribution >= 4 is 10.0 Å². The quantitative estimate of drug-likeness (QED) is 0.729. The lowest BCUT2D eigenvalue weighted by atomic mass is 10.0. The fraction of sp³-hybridized carbons (Fsp3) is 0.600. The van der Waals surface area contributed by atoms with Gasteiger partial charge in [0, 0.05) is 13.1 Å². The second kappa shape index (κ2) is 6.77. The summed E-state index contributed by atoms with van der Waals surface area (Å²) >= 11 is 0. The minimum atomic E-state index is -3.44. The molecule has 0 spiro atoms. The largest absolute Gasteiger partial charge is 0.492 e. The monoisotopic (exact) mass is 312 g/mol. The molecule has 0 heterocycles. The van der Waals surface area contributed by atoms with Crippen molar-refractivity contribution < 1.29 is 13.2 Å². The summed E-state index contributed by atoms with van der Waals surface area (Å²) in [6, 6.07) is 6.44. The lowest BCUT2D eigenvalue weighted by Gasteiger charge is -2.15. The molecule has 0 atom stereocenters. The molecule has 0 unspecified atom stereocenters. The maximum atomic E-state index is 12.3. The van der Waals surface area contributed by atoms with Gasteiger partial charge in [-0.25, -0.2) is 13.1 Å². The molecule has 118 valence electrons. The Morgan fingerprint density at radius 2 is 1.95 bits per heavy atom. The first-order valence-corrected chi connectivity index (χ1v) is 8.92. The topological polar surface area (TPSA) is 81.4 Å². The zero-order valence-corrected chi connectivity index (χ0v) is 13.3. The van der Waals surface area contributed by atoms with Crippen molar-refractivity contribution in [1.82, 2.24) is 4.72 Å². The number of benzene rings is 1. The van der Waals surface area contributed by atoms with E-state index in [1.807, 2.05) is 0 Å². The molecule has 0 amide bonds. The number of hydrogen-bond donors (Lipinski definition) is 2. The van der Waals surface area contributed by atoms with Crippen LogP contribution < -0.4 is 15.2 Å². The molecule has 5 nitrogen and oxygen atoms in total. The first-order chi connectivity index (χ1) is 10.0. The Morgan fingerprint density at radius 1 is 1.29 bits per heavy atom. The van der Waals surface area contributed by atoms with E-state index in [0.717, 1.165) is 25.7 Å². The van der Waals surface area contributed by atoms with Gasteiger partial charge in [-0.1, -0.05) is 13.3 Å². The molecule has 0 radical (unpaired) electrons. The summed E-state index contributed by atoms with van der Waals surface area (Å²) in [5.74, 6) is 0.629. The van der Waals surface area contributed by atoms with Gasteiger partial charge >= 0.3 is 0 Å². The third-order valence-corrected chi connectivity index (χ3v) is 5.31. The molecule has 3 N–H and O–H groups in total. The van der Waals surface area contributed by atoms with Gasteiger partial charge in [0.25, 0.3) is 0 Å². The van der Waals surface area contributed by atoms with Crippen LogP contribution in [0.15, 0.2) is 29.2 Å². The molecule has 1 aromatic carbocycles.